The van der Waals surface area contributed by atoms with Crippen molar-refractivity contribution in [3.05, 3.63) is 46.3 Å². The number of rotatable bonds is 3. The Morgan fingerprint density at radius 2 is 2.28 bits per heavy atom. The van der Waals surface area contributed by atoms with Gasteiger partial charge < -0.3 is 5.32 Å². The fraction of sp³-hybridized carbons (Fsp3) is 0.385. The Hall–Kier alpha value is -1.91. The zero-order chi connectivity index (χ0) is 12.7. The van der Waals surface area contributed by atoms with Crippen LogP contribution in [0.2, 0.25) is 0 Å². The number of nitrogens with zero attached hydrogens (tertiary/aromatic N) is 1. The Balaban J connectivity index is 1.75. The molecule has 0 spiro atoms. The van der Waals surface area contributed by atoms with Crippen LogP contribution in [0.3, 0.4) is 0 Å². The van der Waals surface area contributed by atoms with Crippen LogP contribution in [0, 0.1) is 27.8 Å². The third-order valence-corrected chi connectivity index (χ3v) is 3.86. The van der Waals surface area contributed by atoms with Crippen LogP contribution in [0.25, 0.3) is 0 Å². The molecule has 0 radical (unpaired) electrons. The summed E-state index contributed by atoms with van der Waals surface area (Å²) >= 11 is 0. The number of allylic oxidation sites excluding steroid dienone is 1. The monoisotopic (exact) mass is 248 g/mol. The highest BCUT2D eigenvalue weighted by atomic mass is 19.1. The number of halogens is 1. The average molecular weight is 248 g/mol. The molecule has 3 unspecified atom stereocenters. The van der Waals surface area contributed by atoms with E-state index in [4.69, 9.17) is 0 Å². The number of nitrogens with one attached hydrogen (secondary N) is 1. The normalized spacial score (nSPS) is 28.6. The van der Waals surface area contributed by atoms with E-state index in [1.807, 2.05) is 0 Å². The molecule has 3 rings (SSSR count). The summed E-state index contributed by atoms with van der Waals surface area (Å²) in [6, 6.07) is 4.27. The highest BCUT2D eigenvalue weighted by molar-refractivity contribution is 5.53. The summed E-state index contributed by atoms with van der Waals surface area (Å²) in [6.07, 6.45) is 6.59. The van der Waals surface area contributed by atoms with E-state index in [0.29, 0.717) is 17.6 Å². The van der Waals surface area contributed by atoms with Gasteiger partial charge in [0, 0.05) is 23.7 Å². The average Bonchev–Trinajstić information content (AvgIpc) is 2.69. The van der Waals surface area contributed by atoms with E-state index in [1.54, 1.807) is 6.07 Å². The molecule has 1 aromatic carbocycles. The number of nitro benzene ring substituents is 1. The molecular formula is C13H13FN2O2. The van der Waals surface area contributed by atoms with Crippen molar-refractivity contribution in [3.63, 3.8) is 0 Å². The molecule has 1 fully saturated rings. The molecule has 18 heavy (non-hydrogen) atoms. The number of hydrogen-bond acceptors (Lipinski definition) is 3. The van der Waals surface area contributed by atoms with Crippen molar-refractivity contribution in [2.45, 2.75) is 18.9 Å². The van der Waals surface area contributed by atoms with Crippen LogP contribution in [0.4, 0.5) is 15.8 Å². The Bertz CT molecular complexity index is 530. The van der Waals surface area contributed by atoms with Crippen molar-refractivity contribution in [3.8, 4) is 0 Å². The molecule has 1 aromatic rings. The summed E-state index contributed by atoms with van der Waals surface area (Å²) in [5.74, 6) is 0.449. The molecule has 0 bridgehead atoms. The molecule has 0 amide bonds. The first-order chi connectivity index (χ1) is 8.65. The highest BCUT2D eigenvalue weighted by Gasteiger charge is 2.40. The quantitative estimate of drug-likeness (QED) is 0.508. The second-order valence-electron chi connectivity index (χ2n) is 4.91. The topological polar surface area (TPSA) is 55.2 Å². The second-order valence-corrected chi connectivity index (χ2v) is 4.91. The van der Waals surface area contributed by atoms with Crippen LogP contribution in [0.1, 0.15) is 12.8 Å². The van der Waals surface area contributed by atoms with Gasteiger partial charge in [-0.25, -0.2) is 0 Å². The standard InChI is InChI=1S/C13H13FN2O2/c14-11-5-4-9(7-13(11)16(17)18)15-12-6-8-2-1-3-10(8)12/h1,3-5,7-8,10,12,15H,2,6H2. The van der Waals surface area contributed by atoms with Crippen molar-refractivity contribution in [2.75, 3.05) is 5.32 Å². The Morgan fingerprint density at radius 1 is 1.44 bits per heavy atom. The van der Waals surface area contributed by atoms with E-state index < -0.39 is 16.4 Å². The van der Waals surface area contributed by atoms with E-state index in [2.05, 4.69) is 17.5 Å². The number of anilines is 1. The maximum absolute atomic E-state index is 13.2. The summed E-state index contributed by atoms with van der Waals surface area (Å²) in [4.78, 5) is 9.96. The Labute approximate surface area is 104 Å². The third-order valence-electron chi connectivity index (χ3n) is 3.86. The van der Waals surface area contributed by atoms with Crippen molar-refractivity contribution < 1.29 is 9.31 Å². The zero-order valence-electron chi connectivity index (χ0n) is 9.67. The van der Waals surface area contributed by atoms with Gasteiger partial charge >= 0.3 is 5.69 Å². The Morgan fingerprint density at radius 3 is 3.00 bits per heavy atom. The van der Waals surface area contributed by atoms with E-state index in [9.17, 15) is 14.5 Å². The predicted molar refractivity (Wildman–Crippen MR) is 65.8 cm³/mol. The summed E-state index contributed by atoms with van der Waals surface area (Å²) in [6.45, 7) is 0. The van der Waals surface area contributed by atoms with Crippen LogP contribution >= 0.6 is 0 Å². The highest BCUT2D eigenvalue weighted by Crippen LogP contribution is 2.44. The molecule has 1 saturated carbocycles. The number of nitro groups is 1. The van der Waals surface area contributed by atoms with E-state index in [0.717, 1.165) is 24.8 Å². The van der Waals surface area contributed by atoms with Crippen LogP contribution in [0.5, 0.6) is 0 Å². The molecule has 2 aliphatic rings. The molecule has 1 N–H and O–H groups in total. The lowest BCUT2D eigenvalue weighted by Crippen LogP contribution is -2.43. The van der Waals surface area contributed by atoms with Gasteiger partial charge in [0.2, 0.25) is 5.82 Å². The molecule has 5 heteroatoms. The SMILES string of the molecule is O=[N+]([O-])c1cc(NC2CC3CC=CC32)ccc1F. The molecule has 94 valence electrons. The van der Waals surface area contributed by atoms with Crippen LogP contribution in [-0.4, -0.2) is 11.0 Å². The van der Waals surface area contributed by atoms with Crippen molar-refractivity contribution in [2.24, 2.45) is 11.8 Å². The molecule has 2 aliphatic carbocycles. The lowest BCUT2D eigenvalue weighted by atomic mass is 9.71. The fourth-order valence-corrected chi connectivity index (χ4v) is 2.84. The maximum atomic E-state index is 13.2. The van der Waals surface area contributed by atoms with Gasteiger partial charge in [0.1, 0.15) is 0 Å². The molecule has 0 saturated heterocycles. The minimum Gasteiger partial charge on any atom is -0.381 e. The van der Waals surface area contributed by atoms with Gasteiger partial charge in [-0.3, -0.25) is 10.1 Å². The van der Waals surface area contributed by atoms with Crippen LogP contribution < -0.4 is 5.32 Å². The maximum Gasteiger partial charge on any atom is 0.306 e. The summed E-state index contributed by atoms with van der Waals surface area (Å²) in [5.41, 5.74) is 0.143. The van der Waals surface area contributed by atoms with E-state index in [1.165, 1.54) is 6.07 Å². The second kappa shape index (κ2) is 4.08. The molecule has 4 nitrogen and oxygen atoms in total. The molecule has 3 atom stereocenters. The number of fused-ring (bicyclic) bond motifs is 1. The van der Waals surface area contributed by atoms with Gasteiger partial charge in [-0.05, 0) is 30.9 Å². The molecule has 0 aliphatic heterocycles. The van der Waals surface area contributed by atoms with Crippen LogP contribution in [0.15, 0.2) is 30.4 Å². The molecule has 0 heterocycles. The number of benzene rings is 1. The summed E-state index contributed by atoms with van der Waals surface area (Å²) < 4.78 is 13.2. The minimum atomic E-state index is -0.794. The van der Waals surface area contributed by atoms with Gasteiger partial charge in [-0.15, -0.1) is 0 Å². The first kappa shape index (κ1) is 11.2. The minimum absolute atomic E-state index is 0.318. The van der Waals surface area contributed by atoms with E-state index in [-0.39, 0.29) is 0 Å². The lowest BCUT2D eigenvalue weighted by Gasteiger charge is -2.41. The van der Waals surface area contributed by atoms with Crippen LogP contribution in [-0.2, 0) is 0 Å². The van der Waals surface area contributed by atoms with Gasteiger partial charge in [0.05, 0.1) is 4.92 Å². The van der Waals surface area contributed by atoms with E-state index >= 15 is 0 Å². The molecular weight excluding hydrogens is 235 g/mol. The van der Waals surface area contributed by atoms with Gasteiger partial charge in [-0.2, -0.15) is 4.39 Å². The third kappa shape index (κ3) is 1.75. The summed E-state index contributed by atoms with van der Waals surface area (Å²) in [5, 5.41) is 13.9. The van der Waals surface area contributed by atoms with Crippen molar-refractivity contribution >= 4 is 11.4 Å². The predicted octanol–water partition coefficient (Wildman–Crippen LogP) is 3.11. The first-order valence-electron chi connectivity index (χ1n) is 6.02. The van der Waals surface area contributed by atoms with Gasteiger partial charge in [-0.1, -0.05) is 12.2 Å². The summed E-state index contributed by atoms with van der Waals surface area (Å²) in [7, 11) is 0. The van der Waals surface area contributed by atoms with Crippen molar-refractivity contribution in [1.82, 2.24) is 0 Å². The zero-order valence-corrected chi connectivity index (χ0v) is 9.67. The van der Waals surface area contributed by atoms with Gasteiger partial charge in [0.15, 0.2) is 0 Å². The smallest absolute Gasteiger partial charge is 0.306 e. The van der Waals surface area contributed by atoms with Gasteiger partial charge in [0.25, 0.3) is 0 Å². The Kier molecular flexibility index (Phi) is 2.54. The number of hydrogen-bond donors (Lipinski definition) is 1. The molecule has 0 aromatic heterocycles. The van der Waals surface area contributed by atoms with Crippen molar-refractivity contribution in [1.29, 1.82) is 0 Å². The lowest BCUT2D eigenvalue weighted by molar-refractivity contribution is -0.387. The fourth-order valence-electron chi connectivity index (χ4n) is 2.84. The first-order valence-corrected chi connectivity index (χ1v) is 6.02. The largest absolute Gasteiger partial charge is 0.381 e.